The van der Waals surface area contributed by atoms with Crippen molar-refractivity contribution in [2.24, 2.45) is 5.92 Å². The summed E-state index contributed by atoms with van der Waals surface area (Å²) in [5.74, 6) is 0.0545. The molecule has 2 atom stereocenters. The van der Waals surface area contributed by atoms with Gasteiger partial charge in [-0.05, 0) is 24.8 Å². The van der Waals surface area contributed by atoms with Gasteiger partial charge in [0.15, 0.2) is 0 Å². The predicted molar refractivity (Wildman–Crippen MR) is 58.4 cm³/mol. The van der Waals surface area contributed by atoms with E-state index in [1.807, 2.05) is 25.1 Å². The standard InChI is InChI=1S/C13H16O2/c1-10-9-12(15-13(10)14)8-7-11-5-3-2-4-6-11/h2-6,10,12H,7-9H2,1H3/t10-,12-/m0/s1. The van der Waals surface area contributed by atoms with Gasteiger partial charge in [-0.3, -0.25) is 4.79 Å². The Bertz CT molecular complexity index is 332. The maximum atomic E-state index is 11.2. The van der Waals surface area contributed by atoms with E-state index >= 15 is 0 Å². The lowest BCUT2D eigenvalue weighted by Crippen LogP contribution is -2.07. The molecule has 0 aliphatic carbocycles. The average Bonchev–Trinajstić information content (AvgIpc) is 2.57. The fourth-order valence-electron chi connectivity index (χ4n) is 1.97. The first-order valence-corrected chi connectivity index (χ1v) is 5.50. The molecular weight excluding hydrogens is 188 g/mol. The van der Waals surface area contributed by atoms with Gasteiger partial charge in [0.2, 0.25) is 0 Å². The highest BCUT2D eigenvalue weighted by Crippen LogP contribution is 2.23. The molecule has 1 fully saturated rings. The van der Waals surface area contributed by atoms with Crippen LogP contribution >= 0.6 is 0 Å². The van der Waals surface area contributed by atoms with Gasteiger partial charge >= 0.3 is 5.97 Å². The molecule has 0 saturated carbocycles. The summed E-state index contributed by atoms with van der Waals surface area (Å²) in [7, 11) is 0. The number of esters is 1. The third-order valence-electron chi connectivity index (χ3n) is 2.90. The molecule has 2 rings (SSSR count). The molecule has 1 aliphatic heterocycles. The molecule has 80 valence electrons. The molecule has 0 radical (unpaired) electrons. The minimum atomic E-state index is -0.0342. The molecule has 0 unspecified atom stereocenters. The summed E-state index contributed by atoms with van der Waals surface area (Å²) in [6.45, 7) is 1.94. The van der Waals surface area contributed by atoms with Crippen LogP contribution < -0.4 is 0 Å². The topological polar surface area (TPSA) is 26.3 Å². The van der Waals surface area contributed by atoms with E-state index in [0.29, 0.717) is 0 Å². The number of ether oxygens (including phenoxy) is 1. The monoisotopic (exact) mass is 204 g/mol. The van der Waals surface area contributed by atoms with Crippen LogP contribution in [0.5, 0.6) is 0 Å². The molecule has 1 aromatic rings. The van der Waals surface area contributed by atoms with Gasteiger partial charge in [-0.25, -0.2) is 0 Å². The van der Waals surface area contributed by atoms with E-state index in [1.54, 1.807) is 0 Å². The zero-order valence-electron chi connectivity index (χ0n) is 8.98. The number of aryl methyl sites for hydroxylation is 1. The first-order chi connectivity index (χ1) is 7.25. The van der Waals surface area contributed by atoms with Crippen LogP contribution in [0, 0.1) is 5.92 Å². The van der Waals surface area contributed by atoms with Crippen molar-refractivity contribution < 1.29 is 9.53 Å². The smallest absolute Gasteiger partial charge is 0.309 e. The van der Waals surface area contributed by atoms with Gasteiger partial charge < -0.3 is 4.74 Å². The Morgan fingerprint density at radius 2 is 2.07 bits per heavy atom. The van der Waals surface area contributed by atoms with Gasteiger partial charge in [-0.2, -0.15) is 0 Å². The molecule has 0 spiro atoms. The summed E-state index contributed by atoms with van der Waals surface area (Å²) in [6, 6.07) is 10.3. The van der Waals surface area contributed by atoms with Gasteiger partial charge in [0.1, 0.15) is 6.10 Å². The van der Waals surface area contributed by atoms with Crippen LogP contribution in [0.2, 0.25) is 0 Å². The second kappa shape index (κ2) is 4.47. The van der Waals surface area contributed by atoms with Crippen molar-refractivity contribution in [1.82, 2.24) is 0 Å². The second-order valence-electron chi connectivity index (χ2n) is 4.22. The number of carbonyl (C=O) groups is 1. The van der Waals surface area contributed by atoms with Crippen molar-refractivity contribution in [3.63, 3.8) is 0 Å². The van der Waals surface area contributed by atoms with Crippen molar-refractivity contribution in [3.05, 3.63) is 35.9 Å². The summed E-state index contributed by atoms with van der Waals surface area (Å²) >= 11 is 0. The number of hydrogen-bond donors (Lipinski definition) is 0. The molecule has 1 heterocycles. The number of cyclic esters (lactones) is 1. The summed E-state index contributed by atoms with van der Waals surface area (Å²) < 4.78 is 5.26. The van der Waals surface area contributed by atoms with E-state index in [-0.39, 0.29) is 18.0 Å². The van der Waals surface area contributed by atoms with Crippen molar-refractivity contribution in [3.8, 4) is 0 Å². The van der Waals surface area contributed by atoms with Crippen molar-refractivity contribution in [1.29, 1.82) is 0 Å². The Morgan fingerprint density at radius 1 is 1.33 bits per heavy atom. The van der Waals surface area contributed by atoms with E-state index in [0.717, 1.165) is 19.3 Å². The van der Waals surface area contributed by atoms with Gasteiger partial charge in [-0.15, -0.1) is 0 Å². The Morgan fingerprint density at radius 3 is 2.67 bits per heavy atom. The Labute approximate surface area is 90.3 Å². The van der Waals surface area contributed by atoms with E-state index < -0.39 is 0 Å². The van der Waals surface area contributed by atoms with Crippen LogP contribution in [0.3, 0.4) is 0 Å². The van der Waals surface area contributed by atoms with Crippen LogP contribution in [0.25, 0.3) is 0 Å². The molecule has 15 heavy (non-hydrogen) atoms. The minimum absolute atomic E-state index is 0.0342. The third-order valence-corrected chi connectivity index (χ3v) is 2.90. The summed E-state index contributed by atoms with van der Waals surface area (Å²) in [5.41, 5.74) is 1.31. The maximum absolute atomic E-state index is 11.2. The van der Waals surface area contributed by atoms with Gasteiger partial charge in [0.25, 0.3) is 0 Å². The van der Waals surface area contributed by atoms with Crippen LogP contribution in [-0.4, -0.2) is 12.1 Å². The Kier molecular flexibility index (Phi) is 3.05. The lowest BCUT2D eigenvalue weighted by molar-refractivity contribution is -0.144. The Balaban J connectivity index is 1.82. The number of carbonyl (C=O) groups excluding carboxylic acids is 1. The number of benzene rings is 1. The molecule has 2 nitrogen and oxygen atoms in total. The van der Waals surface area contributed by atoms with Crippen LogP contribution in [0.15, 0.2) is 30.3 Å². The maximum Gasteiger partial charge on any atom is 0.309 e. The average molecular weight is 204 g/mol. The fraction of sp³-hybridized carbons (Fsp3) is 0.462. The summed E-state index contributed by atoms with van der Waals surface area (Å²) in [4.78, 5) is 11.2. The van der Waals surface area contributed by atoms with E-state index in [2.05, 4.69) is 12.1 Å². The molecule has 1 aromatic carbocycles. The van der Waals surface area contributed by atoms with Crippen LogP contribution in [-0.2, 0) is 16.0 Å². The number of hydrogen-bond acceptors (Lipinski definition) is 2. The highest BCUT2D eigenvalue weighted by molar-refractivity contribution is 5.74. The molecule has 0 N–H and O–H groups in total. The first kappa shape index (κ1) is 10.2. The number of rotatable bonds is 3. The molecule has 2 heteroatoms. The molecule has 1 saturated heterocycles. The normalized spacial score (nSPS) is 25.3. The predicted octanol–water partition coefficient (Wildman–Crippen LogP) is 2.57. The molecular formula is C13H16O2. The largest absolute Gasteiger partial charge is 0.462 e. The molecule has 0 bridgehead atoms. The second-order valence-corrected chi connectivity index (χ2v) is 4.22. The molecule has 0 aromatic heterocycles. The highest BCUT2D eigenvalue weighted by Gasteiger charge is 2.30. The lowest BCUT2D eigenvalue weighted by atomic mass is 10.0. The lowest BCUT2D eigenvalue weighted by Gasteiger charge is -2.08. The van der Waals surface area contributed by atoms with Crippen molar-refractivity contribution in [2.75, 3.05) is 0 Å². The minimum Gasteiger partial charge on any atom is -0.462 e. The quantitative estimate of drug-likeness (QED) is 0.707. The zero-order chi connectivity index (χ0) is 10.7. The van der Waals surface area contributed by atoms with Gasteiger partial charge in [0, 0.05) is 0 Å². The Hall–Kier alpha value is -1.31. The van der Waals surface area contributed by atoms with Crippen LogP contribution in [0.4, 0.5) is 0 Å². The molecule has 0 amide bonds. The fourth-order valence-corrected chi connectivity index (χ4v) is 1.97. The first-order valence-electron chi connectivity index (χ1n) is 5.50. The van der Waals surface area contributed by atoms with E-state index in [1.165, 1.54) is 5.56 Å². The highest BCUT2D eigenvalue weighted by atomic mass is 16.5. The summed E-state index contributed by atoms with van der Waals surface area (Å²) in [6.07, 6.45) is 2.95. The summed E-state index contributed by atoms with van der Waals surface area (Å²) in [5, 5.41) is 0. The molecule has 1 aliphatic rings. The van der Waals surface area contributed by atoms with Gasteiger partial charge in [0.05, 0.1) is 5.92 Å². The van der Waals surface area contributed by atoms with E-state index in [4.69, 9.17) is 4.74 Å². The van der Waals surface area contributed by atoms with Crippen molar-refractivity contribution in [2.45, 2.75) is 32.3 Å². The third kappa shape index (κ3) is 2.58. The van der Waals surface area contributed by atoms with E-state index in [9.17, 15) is 4.79 Å². The van der Waals surface area contributed by atoms with Gasteiger partial charge in [-0.1, -0.05) is 37.3 Å². The van der Waals surface area contributed by atoms with Crippen molar-refractivity contribution >= 4 is 5.97 Å². The SMILES string of the molecule is C[C@H]1C[C@H](CCc2ccccc2)OC1=O. The zero-order valence-corrected chi connectivity index (χ0v) is 8.98. The van der Waals surface area contributed by atoms with Crippen LogP contribution in [0.1, 0.15) is 25.3 Å².